The Kier molecular flexibility index (Phi) is 6.14. The van der Waals surface area contributed by atoms with Gasteiger partial charge >= 0.3 is 0 Å². The van der Waals surface area contributed by atoms with Gasteiger partial charge in [0.2, 0.25) is 0 Å². The van der Waals surface area contributed by atoms with Crippen LogP contribution < -0.4 is 14.8 Å². The Hall–Kier alpha value is -2.24. The third kappa shape index (κ3) is 5.37. The summed E-state index contributed by atoms with van der Waals surface area (Å²) in [6, 6.07) is 14.3. The number of halogens is 1. The van der Waals surface area contributed by atoms with Gasteiger partial charge in [0.1, 0.15) is 18.1 Å². The van der Waals surface area contributed by atoms with E-state index in [0.29, 0.717) is 23.1 Å². The predicted molar refractivity (Wildman–Crippen MR) is 96.5 cm³/mol. The number of amides is 1. The van der Waals surface area contributed by atoms with E-state index >= 15 is 0 Å². The van der Waals surface area contributed by atoms with E-state index < -0.39 is 0 Å². The van der Waals surface area contributed by atoms with Gasteiger partial charge in [-0.05, 0) is 49.2 Å². The van der Waals surface area contributed by atoms with E-state index in [4.69, 9.17) is 25.8 Å². The molecule has 0 saturated carbocycles. The molecule has 1 heterocycles. The number of hydrogen-bond acceptors (Lipinski definition) is 4. The first-order valence-corrected chi connectivity index (χ1v) is 8.60. The Morgan fingerprint density at radius 3 is 2.68 bits per heavy atom. The minimum atomic E-state index is -0.257. The van der Waals surface area contributed by atoms with Crippen molar-refractivity contribution in [2.75, 3.05) is 25.1 Å². The zero-order valence-electron chi connectivity index (χ0n) is 13.7. The fourth-order valence-corrected chi connectivity index (χ4v) is 2.69. The average Bonchev–Trinajstić information content (AvgIpc) is 3.14. The normalized spacial score (nSPS) is 16.4. The van der Waals surface area contributed by atoms with Crippen LogP contribution in [0.1, 0.15) is 12.8 Å². The fourth-order valence-electron chi connectivity index (χ4n) is 2.50. The zero-order valence-corrected chi connectivity index (χ0v) is 14.5. The summed E-state index contributed by atoms with van der Waals surface area (Å²) < 4.78 is 16.6. The first-order chi connectivity index (χ1) is 12.2. The van der Waals surface area contributed by atoms with E-state index in [0.717, 1.165) is 25.2 Å². The second kappa shape index (κ2) is 8.74. The molecule has 0 aromatic heterocycles. The van der Waals surface area contributed by atoms with Crippen LogP contribution in [0.3, 0.4) is 0 Å². The van der Waals surface area contributed by atoms with Crippen LogP contribution >= 0.6 is 11.6 Å². The van der Waals surface area contributed by atoms with E-state index in [2.05, 4.69) is 5.32 Å². The van der Waals surface area contributed by atoms with Gasteiger partial charge in [-0.1, -0.05) is 23.7 Å². The standard InChI is InChI=1S/C19H20ClNO4/c20-17-5-1-2-6-18(17)25-13-19(22)21-14-7-9-15(10-8-14)24-12-16-4-3-11-23-16/h1-2,5-10,16H,3-4,11-13H2,(H,21,22). The molecule has 1 fully saturated rings. The molecule has 3 rings (SSSR count). The van der Waals surface area contributed by atoms with Crippen molar-refractivity contribution in [2.45, 2.75) is 18.9 Å². The van der Waals surface area contributed by atoms with Gasteiger partial charge in [-0.15, -0.1) is 0 Å². The first kappa shape index (κ1) is 17.6. The van der Waals surface area contributed by atoms with Crippen LogP contribution in [0.5, 0.6) is 11.5 Å². The second-order valence-electron chi connectivity index (χ2n) is 5.74. The Morgan fingerprint density at radius 1 is 1.16 bits per heavy atom. The number of carbonyl (C=O) groups is 1. The maximum absolute atomic E-state index is 12.0. The highest BCUT2D eigenvalue weighted by Gasteiger charge is 2.15. The van der Waals surface area contributed by atoms with Crippen molar-refractivity contribution in [3.05, 3.63) is 53.6 Å². The Labute approximate surface area is 151 Å². The lowest BCUT2D eigenvalue weighted by molar-refractivity contribution is -0.118. The summed E-state index contributed by atoms with van der Waals surface area (Å²) in [6.07, 6.45) is 2.32. The van der Waals surface area contributed by atoms with E-state index in [1.165, 1.54) is 0 Å². The number of nitrogens with one attached hydrogen (secondary N) is 1. The van der Waals surface area contributed by atoms with Crippen LogP contribution in [-0.4, -0.2) is 31.8 Å². The number of hydrogen-bond donors (Lipinski definition) is 1. The van der Waals surface area contributed by atoms with Gasteiger partial charge < -0.3 is 19.5 Å². The van der Waals surface area contributed by atoms with Gasteiger partial charge in [0, 0.05) is 12.3 Å². The molecule has 132 valence electrons. The summed E-state index contributed by atoms with van der Waals surface area (Å²) in [5.74, 6) is 0.978. The highest BCUT2D eigenvalue weighted by Crippen LogP contribution is 2.23. The number of anilines is 1. The van der Waals surface area contributed by atoms with Gasteiger partial charge in [0.05, 0.1) is 11.1 Å². The Bertz CT molecular complexity index is 699. The lowest BCUT2D eigenvalue weighted by atomic mass is 10.2. The number of benzene rings is 2. The van der Waals surface area contributed by atoms with Crippen molar-refractivity contribution in [1.29, 1.82) is 0 Å². The SMILES string of the molecule is O=C(COc1ccccc1Cl)Nc1ccc(OCC2CCCO2)cc1. The van der Waals surface area contributed by atoms with Crippen LogP contribution in [0.4, 0.5) is 5.69 Å². The molecule has 1 aliphatic heterocycles. The summed E-state index contributed by atoms with van der Waals surface area (Å²) >= 11 is 5.98. The molecular weight excluding hydrogens is 342 g/mol. The van der Waals surface area contributed by atoms with Crippen molar-refractivity contribution in [3.63, 3.8) is 0 Å². The Morgan fingerprint density at radius 2 is 1.96 bits per heavy atom. The molecule has 0 aliphatic carbocycles. The molecule has 25 heavy (non-hydrogen) atoms. The van der Waals surface area contributed by atoms with Gasteiger partial charge in [-0.2, -0.15) is 0 Å². The molecule has 6 heteroatoms. The van der Waals surface area contributed by atoms with E-state index in [1.54, 1.807) is 36.4 Å². The lowest BCUT2D eigenvalue weighted by Crippen LogP contribution is -2.20. The molecule has 1 N–H and O–H groups in total. The van der Waals surface area contributed by atoms with Gasteiger partial charge in [-0.3, -0.25) is 4.79 Å². The summed E-state index contributed by atoms with van der Waals surface area (Å²) in [7, 11) is 0. The molecule has 1 saturated heterocycles. The topological polar surface area (TPSA) is 56.8 Å². The molecule has 1 unspecified atom stereocenters. The number of ether oxygens (including phenoxy) is 3. The summed E-state index contributed by atoms with van der Waals surface area (Å²) in [5, 5.41) is 3.24. The third-order valence-electron chi connectivity index (χ3n) is 3.79. The maximum Gasteiger partial charge on any atom is 0.262 e. The number of para-hydroxylation sites is 1. The van der Waals surface area contributed by atoms with E-state index in [1.807, 2.05) is 12.1 Å². The van der Waals surface area contributed by atoms with Crippen molar-refractivity contribution in [2.24, 2.45) is 0 Å². The predicted octanol–water partition coefficient (Wildman–Crippen LogP) is 3.92. The smallest absolute Gasteiger partial charge is 0.262 e. The largest absolute Gasteiger partial charge is 0.491 e. The van der Waals surface area contributed by atoms with Crippen molar-refractivity contribution >= 4 is 23.2 Å². The highest BCUT2D eigenvalue weighted by molar-refractivity contribution is 6.32. The van der Waals surface area contributed by atoms with Crippen LogP contribution in [-0.2, 0) is 9.53 Å². The maximum atomic E-state index is 12.0. The van der Waals surface area contributed by atoms with Crippen LogP contribution in [0, 0.1) is 0 Å². The third-order valence-corrected chi connectivity index (χ3v) is 4.11. The number of rotatable bonds is 7. The van der Waals surface area contributed by atoms with Crippen LogP contribution in [0.15, 0.2) is 48.5 Å². The van der Waals surface area contributed by atoms with Crippen molar-refractivity contribution in [3.8, 4) is 11.5 Å². The second-order valence-corrected chi connectivity index (χ2v) is 6.14. The average molecular weight is 362 g/mol. The fraction of sp³-hybridized carbons (Fsp3) is 0.316. The summed E-state index contributed by atoms with van der Waals surface area (Å²) in [6.45, 7) is 1.26. The molecule has 0 radical (unpaired) electrons. The zero-order chi connectivity index (χ0) is 17.5. The van der Waals surface area contributed by atoms with Crippen molar-refractivity contribution in [1.82, 2.24) is 0 Å². The quantitative estimate of drug-likeness (QED) is 0.812. The van der Waals surface area contributed by atoms with Crippen LogP contribution in [0.25, 0.3) is 0 Å². The molecule has 0 bridgehead atoms. The van der Waals surface area contributed by atoms with Crippen LogP contribution in [0.2, 0.25) is 5.02 Å². The molecule has 2 aromatic carbocycles. The molecule has 1 amide bonds. The minimum absolute atomic E-state index is 0.110. The molecule has 5 nitrogen and oxygen atoms in total. The molecule has 0 spiro atoms. The summed E-state index contributed by atoms with van der Waals surface area (Å²) in [5.41, 5.74) is 0.678. The summed E-state index contributed by atoms with van der Waals surface area (Å²) in [4.78, 5) is 12.0. The van der Waals surface area contributed by atoms with Crippen molar-refractivity contribution < 1.29 is 19.0 Å². The van der Waals surface area contributed by atoms with Gasteiger partial charge in [-0.25, -0.2) is 0 Å². The minimum Gasteiger partial charge on any atom is -0.491 e. The molecule has 2 aromatic rings. The van der Waals surface area contributed by atoms with E-state index in [9.17, 15) is 4.79 Å². The van der Waals surface area contributed by atoms with E-state index in [-0.39, 0.29) is 18.6 Å². The molecule has 1 aliphatic rings. The Balaban J connectivity index is 1.44. The lowest BCUT2D eigenvalue weighted by Gasteiger charge is -2.12. The molecule has 1 atom stereocenters. The monoisotopic (exact) mass is 361 g/mol. The highest BCUT2D eigenvalue weighted by atomic mass is 35.5. The first-order valence-electron chi connectivity index (χ1n) is 8.22. The van der Waals surface area contributed by atoms with Gasteiger partial charge in [0.15, 0.2) is 6.61 Å². The van der Waals surface area contributed by atoms with Gasteiger partial charge in [0.25, 0.3) is 5.91 Å². The molecular formula is C19H20ClNO4. The number of carbonyl (C=O) groups excluding carboxylic acids is 1.